The van der Waals surface area contributed by atoms with Crippen molar-refractivity contribution < 1.29 is 14.7 Å². The van der Waals surface area contributed by atoms with E-state index in [9.17, 15) is 9.59 Å². The standard InChI is InChI=1S/C11H18N2O3/c1-7(10(14)15)12-11(16)13-5-8-3-2-4-9(8)6-13/h7-9H,2-6H2,1H3,(H,12,16)(H,14,15)/t7-,8?,9?/m0/s1. The Bertz CT molecular complexity index is 294. The van der Waals surface area contributed by atoms with Crippen LogP contribution in [0.25, 0.3) is 0 Å². The number of carboxylic acid groups (broad SMARTS) is 1. The fourth-order valence-electron chi connectivity index (χ4n) is 2.74. The van der Waals surface area contributed by atoms with E-state index in [4.69, 9.17) is 5.11 Å². The number of fused-ring (bicyclic) bond motifs is 1. The van der Waals surface area contributed by atoms with Gasteiger partial charge in [-0.15, -0.1) is 0 Å². The number of carbonyl (C=O) groups excluding carboxylic acids is 1. The van der Waals surface area contributed by atoms with Crippen molar-refractivity contribution in [2.24, 2.45) is 11.8 Å². The number of likely N-dealkylation sites (tertiary alicyclic amines) is 1. The minimum Gasteiger partial charge on any atom is -0.480 e. The summed E-state index contributed by atoms with van der Waals surface area (Å²) in [6.45, 7) is 3.07. The zero-order valence-electron chi connectivity index (χ0n) is 9.48. The van der Waals surface area contributed by atoms with Crippen molar-refractivity contribution in [1.29, 1.82) is 0 Å². The third-order valence-electron chi connectivity index (χ3n) is 3.72. The quantitative estimate of drug-likeness (QED) is 0.735. The molecule has 0 radical (unpaired) electrons. The molecule has 5 nitrogen and oxygen atoms in total. The highest BCUT2D eigenvalue weighted by molar-refractivity contribution is 5.82. The van der Waals surface area contributed by atoms with E-state index >= 15 is 0 Å². The molecule has 0 aromatic heterocycles. The zero-order chi connectivity index (χ0) is 11.7. The molecular weight excluding hydrogens is 208 g/mol. The van der Waals surface area contributed by atoms with Crippen LogP contribution in [0.2, 0.25) is 0 Å². The second kappa shape index (κ2) is 4.31. The molecule has 0 bridgehead atoms. The maximum atomic E-state index is 11.7. The van der Waals surface area contributed by atoms with Crippen molar-refractivity contribution in [3.8, 4) is 0 Å². The Morgan fingerprint density at radius 3 is 2.38 bits per heavy atom. The Morgan fingerprint density at radius 2 is 1.88 bits per heavy atom. The van der Waals surface area contributed by atoms with E-state index in [1.54, 1.807) is 4.90 Å². The normalized spacial score (nSPS) is 29.9. The van der Waals surface area contributed by atoms with Crippen molar-refractivity contribution in [3.05, 3.63) is 0 Å². The first-order chi connectivity index (χ1) is 7.58. The van der Waals surface area contributed by atoms with Crippen molar-refractivity contribution in [3.63, 3.8) is 0 Å². The predicted octanol–water partition coefficient (Wildman–Crippen LogP) is 0.901. The topological polar surface area (TPSA) is 69.6 Å². The number of hydrogen-bond donors (Lipinski definition) is 2. The molecular formula is C11H18N2O3. The van der Waals surface area contributed by atoms with E-state index in [1.165, 1.54) is 26.2 Å². The minimum absolute atomic E-state index is 0.232. The highest BCUT2D eigenvalue weighted by atomic mass is 16.4. The van der Waals surface area contributed by atoms with Crippen LogP contribution in [0.1, 0.15) is 26.2 Å². The number of hydrogen-bond acceptors (Lipinski definition) is 2. The van der Waals surface area contributed by atoms with Crippen LogP contribution in [0, 0.1) is 11.8 Å². The first-order valence-corrected chi connectivity index (χ1v) is 5.86. The third kappa shape index (κ3) is 2.13. The summed E-state index contributed by atoms with van der Waals surface area (Å²) in [5.74, 6) is 0.296. The zero-order valence-corrected chi connectivity index (χ0v) is 9.48. The van der Waals surface area contributed by atoms with Crippen LogP contribution in [0.5, 0.6) is 0 Å². The van der Waals surface area contributed by atoms with Gasteiger partial charge in [0.1, 0.15) is 6.04 Å². The fraction of sp³-hybridized carbons (Fsp3) is 0.818. The largest absolute Gasteiger partial charge is 0.480 e. The summed E-state index contributed by atoms with van der Waals surface area (Å²) >= 11 is 0. The van der Waals surface area contributed by atoms with Gasteiger partial charge < -0.3 is 15.3 Å². The molecule has 5 heteroatoms. The lowest BCUT2D eigenvalue weighted by Gasteiger charge is -2.19. The lowest BCUT2D eigenvalue weighted by atomic mass is 10.0. The van der Waals surface area contributed by atoms with Gasteiger partial charge >= 0.3 is 12.0 Å². The van der Waals surface area contributed by atoms with E-state index in [1.807, 2.05) is 0 Å². The molecule has 2 unspecified atom stereocenters. The Balaban J connectivity index is 1.85. The molecule has 1 aliphatic heterocycles. The SMILES string of the molecule is C[C@H](NC(=O)N1CC2CCCC2C1)C(=O)O. The van der Waals surface area contributed by atoms with Gasteiger partial charge in [0, 0.05) is 13.1 Å². The van der Waals surface area contributed by atoms with Gasteiger partial charge in [-0.05, 0) is 31.6 Å². The Labute approximate surface area is 94.8 Å². The Morgan fingerprint density at radius 1 is 1.31 bits per heavy atom. The molecule has 2 aliphatic rings. The molecule has 1 saturated carbocycles. The number of urea groups is 1. The van der Waals surface area contributed by atoms with Gasteiger partial charge in [-0.2, -0.15) is 0 Å². The van der Waals surface area contributed by atoms with E-state index in [-0.39, 0.29) is 6.03 Å². The minimum atomic E-state index is -0.993. The van der Waals surface area contributed by atoms with E-state index in [0.717, 1.165) is 13.1 Å². The van der Waals surface area contributed by atoms with E-state index in [0.29, 0.717) is 11.8 Å². The Kier molecular flexibility index (Phi) is 3.03. The van der Waals surface area contributed by atoms with Crippen LogP contribution >= 0.6 is 0 Å². The van der Waals surface area contributed by atoms with Crippen LogP contribution in [0.4, 0.5) is 4.79 Å². The van der Waals surface area contributed by atoms with Gasteiger partial charge in [0.25, 0.3) is 0 Å². The number of nitrogens with zero attached hydrogens (tertiary/aromatic N) is 1. The smallest absolute Gasteiger partial charge is 0.325 e. The van der Waals surface area contributed by atoms with E-state index in [2.05, 4.69) is 5.32 Å². The lowest BCUT2D eigenvalue weighted by molar-refractivity contribution is -0.138. The number of rotatable bonds is 2. The Hall–Kier alpha value is -1.26. The van der Waals surface area contributed by atoms with Gasteiger partial charge in [0.05, 0.1) is 0 Å². The second-order valence-electron chi connectivity index (χ2n) is 4.87. The fourth-order valence-corrected chi connectivity index (χ4v) is 2.74. The molecule has 3 atom stereocenters. The van der Waals surface area contributed by atoms with Gasteiger partial charge in [0.15, 0.2) is 0 Å². The van der Waals surface area contributed by atoms with Crippen molar-refractivity contribution >= 4 is 12.0 Å². The summed E-state index contributed by atoms with van der Waals surface area (Å²) in [4.78, 5) is 24.1. The molecule has 1 heterocycles. The molecule has 2 amide bonds. The van der Waals surface area contributed by atoms with Gasteiger partial charge in [-0.1, -0.05) is 6.42 Å². The second-order valence-corrected chi connectivity index (χ2v) is 4.87. The summed E-state index contributed by atoms with van der Waals surface area (Å²) < 4.78 is 0. The van der Waals surface area contributed by atoms with Crippen LogP contribution in [-0.4, -0.2) is 41.1 Å². The predicted molar refractivity (Wildman–Crippen MR) is 58.0 cm³/mol. The van der Waals surface area contributed by atoms with Crippen molar-refractivity contribution in [1.82, 2.24) is 10.2 Å². The van der Waals surface area contributed by atoms with Crippen LogP contribution in [-0.2, 0) is 4.79 Å². The number of nitrogens with one attached hydrogen (secondary N) is 1. The highest BCUT2D eigenvalue weighted by Crippen LogP contribution is 2.37. The first-order valence-electron chi connectivity index (χ1n) is 5.86. The van der Waals surface area contributed by atoms with Crippen molar-refractivity contribution in [2.75, 3.05) is 13.1 Å². The van der Waals surface area contributed by atoms with Crippen molar-refractivity contribution in [2.45, 2.75) is 32.2 Å². The monoisotopic (exact) mass is 226 g/mol. The van der Waals surface area contributed by atoms with Gasteiger partial charge in [-0.25, -0.2) is 4.79 Å². The van der Waals surface area contributed by atoms with E-state index < -0.39 is 12.0 Å². The molecule has 0 aromatic carbocycles. The molecule has 16 heavy (non-hydrogen) atoms. The average Bonchev–Trinajstić information content (AvgIpc) is 2.75. The summed E-state index contributed by atoms with van der Waals surface area (Å²) in [6.07, 6.45) is 3.70. The maximum Gasteiger partial charge on any atom is 0.325 e. The molecule has 2 fully saturated rings. The number of aliphatic carboxylic acids is 1. The maximum absolute atomic E-state index is 11.7. The highest BCUT2D eigenvalue weighted by Gasteiger charge is 2.38. The van der Waals surface area contributed by atoms with Gasteiger partial charge in [-0.3, -0.25) is 4.79 Å². The number of carboxylic acids is 1. The molecule has 0 spiro atoms. The molecule has 1 saturated heterocycles. The van der Waals surface area contributed by atoms with Gasteiger partial charge in [0.2, 0.25) is 0 Å². The third-order valence-corrected chi connectivity index (χ3v) is 3.72. The number of carbonyl (C=O) groups is 2. The molecule has 0 aromatic rings. The molecule has 2 rings (SSSR count). The van der Waals surface area contributed by atoms with Crippen LogP contribution in [0.3, 0.4) is 0 Å². The van der Waals surface area contributed by atoms with Crippen LogP contribution < -0.4 is 5.32 Å². The van der Waals surface area contributed by atoms with Crippen LogP contribution in [0.15, 0.2) is 0 Å². The average molecular weight is 226 g/mol. The molecule has 90 valence electrons. The molecule has 1 aliphatic carbocycles. The summed E-state index contributed by atoms with van der Waals surface area (Å²) in [5, 5.41) is 11.2. The summed E-state index contributed by atoms with van der Waals surface area (Å²) in [5.41, 5.74) is 0. The first kappa shape index (κ1) is 11.2. The lowest BCUT2D eigenvalue weighted by Crippen LogP contribution is -2.46. The summed E-state index contributed by atoms with van der Waals surface area (Å²) in [7, 11) is 0. The molecule has 2 N–H and O–H groups in total. The number of amides is 2. The summed E-state index contributed by atoms with van der Waals surface area (Å²) in [6, 6.07) is -1.04.